The number of carbonyl (C=O) groups excluding carboxylic acids is 1. The number of carboxylic acid groups (broad SMARTS) is 3. The van der Waals surface area contributed by atoms with Gasteiger partial charge in [-0.3, -0.25) is 38.8 Å². The molecule has 0 atom stereocenters. The van der Waals surface area contributed by atoms with Gasteiger partial charge < -0.3 is 30.8 Å². The Bertz CT molecular complexity index is 1010. The van der Waals surface area contributed by atoms with Crippen molar-refractivity contribution in [3.8, 4) is 0 Å². The van der Waals surface area contributed by atoms with Crippen LogP contribution in [0.25, 0.3) is 0 Å². The van der Waals surface area contributed by atoms with Crippen LogP contribution in [0.5, 0.6) is 0 Å². The highest BCUT2D eigenvalue weighted by Gasteiger charge is 2.21. The minimum absolute atomic E-state index is 0.0667. The zero-order valence-electron chi connectivity index (χ0n) is 23.8. The molecule has 1 fully saturated rings. The van der Waals surface area contributed by atoms with Crippen LogP contribution in [0.2, 0.25) is 0 Å². The Balaban J connectivity index is 1.85. The molecule has 2 rings (SSSR count). The van der Waals surface area contributed by atoms with Crippen molar-refractivity contribution in [3.63, 3.8) is 0 Å². The summed E-state index contributed by atoms with van der Waals surface area (Å²) in [5, 5.41) is 41.7. The van der Waals surface area contributed by atoms with Crippen molar-refractivity contribution in [1.29, 1.82) is 0 Å². The number of nitrogens with one attached hydrogen (secondary N) is 1. The second-order valence-electron chi connectivity index (χ2n) is 10.2. The molecule has 17 nitrogen and oxygen atoms in total. The minimum atomic E-state index is -1.02. The van der Waals surface area contributed by atoms with Gasteiger partial charge in [0.15, 0.2) is 0 Å². The Hall–Kier alpha value is -3.67. The van der Waals surface area contributed by atoms with E-state index in [0.29, 0.717) is 65.4 Å². The monoisotopic (exact) mass is 598 g/mol. The summed E-state index contributed by atoms with van der Waals surface area (Å²) < 4.78 is 1.50. The predicted molar refractivity (Wildman–Crippen MR) is 149 cm³/mol. The number of rotatable bonds is 16. The van der Waals surface area contributed by atoms with Crippen molar-refractivity contribution in [2.24, 2.45) is 0 Å². The van der Waals surface area contributed by atoms with Gasteiger partial charge in [0.2, 0.25) is 5.91 Å². The van der Waals surface area contributed by atoms with Gasteiger partial charge in [0.25, 0.3) is 0 Å². The number of carboxylic acids is 3. The number of hydrogen-bond donors (Lipinski definition) is 4. The molecule has 2 heterocycles. The summed E-state index contributed by atoms with van der Waals surface area (Å²) in [7, 11) is 0. The van der Waals surface area contributed by atoms with Crippen LogP contribution in [-0.2, 0) is 25.7 Å². The van der Waals surface area contributed by atoms with Crippen molar-refractivity contribution in [2.75, 3.05) is 85.1 Å². The zero-order valence-corrected chi connectivity index (χ0v) is 23.8. The van der Waals surface area contributed by atoms with E-state index in [1.807, 2.05) is 4.90 Å². The first-order valence-electron chi connectivity index (χ1n) is 14.0. The van der Waals surface area contributed by atoms with Crippen molar-refractivity contribution in [2.45, 2.75) is 32.2 Å². The number of aliphatic carboxylic acids is 3. The Morgan fingerprint density at radius 1 is 0.738 bits per heavy atom. The molecule has 0 spiro atoms. The lowest BCUT2D eigenvalue weighted by Gasteiger charge is -2.32. The number of unbranched alkanes of at least 4 members (excludes halogenated alkanes) is 3. The lowest BCUT2D eigenvalue weighted by Crippen LogP contribution is -2.49. The Labute approximate surface area is 243 Å². The van der Waals surface area contributed by atoms with Crippen LogP contribution in [0.4, 0.5) is 5.95 Å². The van der Waals surface area contributed by atoms with Gasteiger partial charge in [0, 0.05) is 58.9 Å². The molecule has 1 amide bonds. The summed E-state index contributed by atoms with van der Waals surface area (Å²) in [6, 6.07) is 0. The third-order valence-electron chi connectivity index (χ3n) is 6.88. The number of imidazole rings is 1. The van der Waals surface area contributed by atoms with E-state index >= 15 is 0 Å². The number of aryl methyl sites for hydroxylation is 1. The summed E-state index contributed by atoms with van der Waals surface area (Å²) in [4.78, 5) is 67.9. The molecule has 0 aliphatic carbocycles. The maximum atomic E-state index is 12.7. The Morgan fingerprint density at radius 3 is 1.60 bits per heavy atom. The number of aromatic nitrogens is 2. The average Bonchev–Trinajstić information content (AvgIpc) is 3.37. The van der Waals surface area contributed by atoms with Crippen molar-refractivity contribution < 1.29 is 39.4 Å². The average molecular weight is 599 g/mol. The van der Waals surface area contributed by atoms with E-state index in [9.17, 15) is 44.6 Å². The Kier molecular flexibility index (Phi) is 15.4. The van der Waals surface area contributed by atoms with Crippen LogP contribution in [0, 0.1) is 10.1 Å². The molecule has 1 aromatic heterocycles. The van der Waals surface area contributed by atoms with Gasteiger partial charge in [-0.15, -0.1) is 0 Å². The quantitative estimate of drug-likeness (QED) is 0.101. The largest absolute Gasteiger partial charge is 0.480 e. The molecule has 1 saturated heterocycles. The fourth-order valence-electron chi connectivity index (χ4n) is 4.68. The first-order chi connectivity index (χ1) is 20.0. The molecular weight excluding hydrogens is 556 g/mol. The van der Waals surface area contributed by atoms with Gasteiger partial charge in [-0.05, 0) is 17.8 Å². The molecule has 0 saturated carbocycles. The lowest BCUT2D eigenvalue weighted by atomic mass is 10.2. The van der Waals surface area contributed by atoms with E-state index in [2.05, 4.69) is 10.3 Å². The van der Waals surface area contributed by atoms with Gasteiger partial charge in [0.05, 0.1) is 32.7 Å². The van der Waals surface area contributed by atoms with E-state index in [1.165, 1.54) is 10.8 Å². The second kappa shape index (κ2) is 18.7. The fourth-order valence-corrected chi connectivity index (χ4v) is 4.68. The number of nitro groups is 1. The normalized spacial score (nSPS) is 16.8. The molecule has 0 unspecified atom stereocenters. The standard InChI is InChI=1S/C25H42N8O9/c34-21(26-5-3-1-2-4-7-32-8-6-27-25(32)33(41)42)17-28-9-11-29(18-22(35)36)13-15-31(20-24(39)40)16-14-30(12-10-28)19-23(37)38/h6,8H,1-5,7,9-20H2,(H,26,34)(H,35,36)(H,37,38)(H,39,40). The second-order valence-corrected chi connectivity index (χ2v) is 10.2. The number of hydrogen-bond acceptors (Lipinski definition) is 11. The minimum Gasteiger partial charge on any atom is -0.480 e. The summed E-state index contributed by atoms with van der Waals surface area (Å²) >= 11 is 0. The van der Waals surface area contributed by atoms with E-state index in [4.69, 9.17) is 0 Å². The van der Waals surface area contributed by atoms with Crippen LogP contribution in [-0.4, -0.2) is 158 Å². The maximum absolute atomic E-state index is 12.7. The van der Waals surface area contributed by atoms with Crippen molar-refractivity contribution in [3.05, 3.63) is 22.5 Å². The van der Waals surface area contributed by atoms with Gasteiger partial charge in [-0.2, -0.15) is 0 Å². The number of carbonyl (C=O) groups is 4. The first kappa shape index (κ1) is 34.5. The molecule has 0 radical (unpaired) electrons. The molecule has 236 valence electrons. The lowest BCUT2D eigenvalue weighted by molar-refractivity contribution is -0.396. The summed E-state index contributed by atoms with van der Waals surface area (Å²) in [5.41, 5.74) is 0. The maximum Gasteiger partial charge on any atom is 0.434 e. The highest BCUT2D eigenvalue weighted by molar-refractivity contribution is 5.78. The molecule has 1 aliphatic rings. The van der Waals surface area contributed by atoms with E-state index in [0.717, 1.165) is 25.7 Å². The SMILES string of the molecule is O=C(O)CN1CCN(CC(=O)O)CCN(CC(=O)NCCCCCCn2ccnc2[N+](=O)[O-])CCN(CC(=O)O)CC1. The van der Waals surface area contributed by atoms with Gasteiger partial charge in [-0.25, -0.2) is 4.57 Å². The third-order valence-corrected chi connectivity index (χ3v) is 6.88. The van der Waals surface area contributed by atoms with Crippen LogP contribution in [0.1, 0.15) is 25.7 Å². The first-order valence-corrected chi connectivity index (χ1v) is 14.0. The summed E-state index contributed by atoms with van der Waals surface area (Å²) in [5.74, 6) is -3.41. The van der Waals surface area contributed by atoms with E-state index in [-0.39, 0.29) is 38.0 Å². The smallest absolute Gasteiger partial charge is 0.434 e. The zero-order chi connectivity index (χ0) is 30.9. The van der Waals surface area contributed by atoms with Crippen LogP contribution < -0.4 is 5.32 Å². The third kappa shape index (κ3) is 14.3. The molecule has 1 aromatic rings. The molecule has 4 N–H and O–H groups in total. The molecule has 0 aromatic carbocycles. The van der Waals surface area contributed by atoms with E-state index in [1.54, 1.807) is 20.9 Å². The molecular formula is C25H42N8O9. The fraction of sp³-hybridized carbons (Fsp3) is 0.720. The summed E-state index contributed by atoms with van der Waals surface area (Å²) in [6.45, 7) is 3.02. The van der Waals surface area contributed by atoms with Crippen LogP contribution >= 0.6 is 0 Å². The van der Waals surface area contributed by atoms with Gasteiger partial charge >= 0.3 is 23.9 Å². The van der Waals surface area contributed by atoms with Crippen LogP contribution in [0.15, 0.2) is 12.4 Å². The van der Waals surface area contributed by atoms with Crippen molar-refractivity contribution >= 4 is 29.8 Å². The van der Waals surface area contributed by atoms with Gasteiger partial charge in [0.1, 0.15) is 12.4 Å². The summed E-state index contributed by atoms with van der Waals surface area (Å²) in [6.07, 6.45) is 6.12. The molecule has 17 heteroatoms. The van der Waals surface area contributed by atoms with E-state index < -0.39 is 22.8 Å². The highest BCUT2D eigenvalue weighted by Crippen LogP contribution is 2.10. The van der Waals surface area contributed by atoms with Gasteiger partial charge in [-0.1, -0.05) is 17.8 Å². The number of nitrogens with zero attached hydrogens (tertiary/aromatic N) is 7. The molecule has 1 aliphatic heterocycles. The van der Waals surface area contributed by atoms with Crippen LogP contribution in [0.3, 0.4) is 0 Å². The predicted octanol–water partition coefficient (Wildman–Crippen LogP) is -1.06. The molecule has 42 heavy (non-hydrogen) atoms. The Morgan fingerprint density at radius 2 is 1.17 bits per heavy atom. The number of amides is 1. The molecule has 0 bridgehead atoms. The van der Waals surface area contributed by atoms with Crippen molar-refractivity contribution in [1.82, 2.24) is 34.5 Å². The highest BCUT2D eigenvalue weighted by atomic mass is 16.6. The topological polar surface area (TPSA) is 215 Å².